The minimum Gasteiger partial charge on any atom is -0.496 e. The van der Waals surface area contributed by atoms with Gasteiger partial charge >= 0.3 is 6.18 Å². The monoisotopic (exact) mass is 223 g/mol. The maximum Gasteiger partial charge on any atom is 0.422 e. The number of rotatable bonds is 2. The molecule has 1 aromatic carbocycles. The summed E-state index contributed by atoms with van der Waals surface area (Å²) in [6.07, 6.45) is -4.78. The van der Waals surface area contributed by atoms with Gasteiger partial charge in [-0.25, -0.2) is 4.39 Å². The first-order valence-corrected chi connectivity index (χ1v) is 4.03. The van der Waals surface area contributed by atoms with Crippen LogP contribution in [0.4, 0.5) is 17.6 Å². The highest BCUT2D eigenvalue weighted by Gasteiger charge is 2.38. The van der Waals surface area contributed by atoms with Gasteiger partial charge in [0, 0.05) is 6.54 Å². The number of methoxy groups -OCH3 is 1. The molecule has 0 fully saturated rings. The third-order valence-electron chi connectivity index (χ3n) is 1.85. The normalized spacial score (nSPS) is 11.6. The van der Waals surface area contributed by atoms with Gasteiger partial charge in [0.05, 0.1) is 7.11 Å². The van der Waals surface area contributed by atoms with Crippen LogP contribution in [0, 0.1) is 5.82 Å². The fraction of sp³-hybridized carbons (Fsp3) is 0.333. The van der Waals surface area contributed by atoms with E-state index in [0.717, 1.165) is 19.2 Å². The number of alkyl halides is 3. The maximum absolute atomic E-state index is 13.1. The van der Waals surface area contributed by atoms with E-state index < -0.39 is 23.3 Å². The Morgan fingerprint density at radius 1 is 1.33 bits per heavy atom. The lowest BCUT2D eigenvalue weighted by atomic mass is 10.1. The van der Waals surface area contributed by atoms with Crippen molar-refractivity contribution in [3.8, 4) is 5.75 Å². The second-order valence-electron chi connectivity index (χ2n) is 2.86. The van der Waals surface area contributed by atoms with Crippen molar-refractivity contribution >= 4 is 0 Å². The van der Waals surface area contributed by atoms with Crippen molar-refractivity contribution in [2.45, 2.75) is 12.7 Å². The van der Waals surface area contributed by atoms with Gasteiger partial charge in [-0.3, -0.25) is 0 Å². The van der Waals surface area contributed by atoms with Gasteiger partial charge in [0.15, 0.2) is 0 Å². The summed E-state index contributed by atoms with van der Waals surface area (Å²) in [6, 6.07) is 1.83. The molecular weight excluding hydrogens is 214 g/mol. The average Bonchev–Trinajstić information content (AvgIpc) is 2.14. The fourth-order valence-electron chi connectivity index (χ4n) is 1.19. The molecule has 0 bridgehead atoms. The molecule has 0 heterocycles. The summed E-state index contributed by atoms with van der Waals surface area (Å²) in [5.74, 6) is -1.93. The molecule has 0 saturated heterocycles. The van der Waals surface area contributed by atoms with E-state index in [4.69, 9.17) is 5.73 Å². The standard InChI is InChI=1S/C9H9F4NO/c1-15-7-3-5(4-14)2-6(10)8(7)9(11,12)13/h2-3H,4,14H2,1H3. The maximum atomic E-state index is 13.1. The minimum absolute atomic E-state index is 0.0502. The van der Waals surface area contributed by atoms with Crippen molar-refractivity contribution in [2.75, 3.05) is 7.11 Å². The van der Waals surface area contributed by atoms with Crippen LogP contribution in [0.1, 0.15) is 11.1 Å². The number of benzene rings is 1. The zero-order valence-electron chi connectivity index (χ0n) is 7.86. The van der Waals surface area contributed by atoms with Crippen LogP contribution < -0.4 is 10.5 Å². The van der Waals surface area contributed by atoms with Gasteiger partial charge in [0.25, 0.3) is 0 Å². The second kappa shape index (κ2) is 4.06. The Balaban J connectivity index is 3.38. The summed E-state index contributed by atoms with van der Waals surface area (Å²) in [7, 11) is 1.05. The zero-order valence-corrected chi connectivity index (χ0v) is 7.86. The summed E-state index contributed by atoms with van der Waals surface area (Å²) in [6.45, 7) is -0.0502. The van der Waals surface area contributed by atoms with Gasteiger partial charge < -0.3 is 10.5 Å². The zero-order chi connectivity index (χ0) is 11.6. The molecule has 84 valence electrons. The van der Waals surface area contributed by atoms with Crippen LogP contribution in [0.2, 0.25) is 0 Å². The first-order valence-electron chi connectivity index (χ1n) is 4.03. The Bertz CT molecular complexity index is 362. The van der Waals surface area contributed by atoms with Crippen molar-refractivity contribution in [1.29, 1.82) is 0 Å². The molecule has 0 radical (unpaired) electrons. The number of nitrogens with two attached hydrogens (primary N) is 1. The Hall–Kier alpha value is -1.30. The summed E-state index contributed by atoms with van der Waals surface area (Å²) in [4.78, 5) is 0. The molecule has 0 atom stereocenters. The van der Waals surface area contributed by atoms with E-state index in [-0.39, 0.29) is 12.1 Å². The van der Waals surface area contributed by atoms with Crippen molar-refractivity contribution in [1.82, 2.24) is 0 Å². The highest BCUT2D eigenvalue weighted by atomic mass is 19.4. The van der Waals surface area contributed by atoms with Gasteiger partial charge in [-0.2, -0.15) is 13.2 Å². The molecule has 0 aromatic heterocycles. The van der Waals surface area contributed by atoms with E-state index in [2.05, 4.69) is 4.74 Å². The highest BCUT2D eigenvalue weighted by molar-refractivity contribution is 5.40. The number of ether oxygens (including phenoxy) is 1. The largest absolute Gasteiger partial charge is 0.496 e. The van der Waals surface area contributed by atoms with Crippen LogP contribution in [-0.4, -0.2) is 7.11 Å². The van der Waals surface area contributed by atoms with Crippen molar-refractivity contribution < 1.29 is 22.3 Å². The van der Waals surface area contributed by atoms with Gasteiger partial charge in [-0.05, 0) is 17.7 Å². The molecule has 0 unspecified atom stereocenters. The van der Waals surface area contributed by atoms with Gasteiger partial charge in [-0.15, -0.1) is 0 Å². The predicted octanol–water partition coefficient (Wildman–Crippen LogP) is 2.31. The smallest absolute Gasteiger partial charge is 0.422 e. The summed E-state index contributed by atoms with van der Waals surface area (Å²) in [5.41, 5.74) is 4.04. The van der Waals surface area contributed by atoms with Gasteiger partial charge in [0.2, 0.25) is 0 Å². The predicted molar refractivity (Wildman–Crippen MR) is 45.8 cm³/mol. The van der Waals surface area contributed by atoms with E-state index >= 15 is 0 Å². The van der Waals surface area contributed by atoms with Gasteiger partial charge in [0.1, 0.15) is 17.1 Å². The molecule has 1 aromatic rings. The Morgan fingerprint density at radius 2 is 1.93 bits per heavy atom. The van der Waals surface area contributed by atoms with Crippen LogP contribution in [0.3, 0.4) is 0 Å². The Kier molecular flexibility index (Phi) is 3.18. The van der Waals surface area contributed by atoms with Crippen LogP contribution >= 0.6 is 0 Å². The topological polar surface area (TPSA) is 35.2 Å². The van der Waals surface area contributed by atoms with E-state index in [1.807, 2.05) is 0 Å². The van der Waals surface area contributed by atoms with Crippen LogP contribution in [-0.2, 0) is 12.7 Å². The van der Waals surface area contributed by atoms with E-state index in [0.29, 0.717) is 0 Å². The van der Waals surface area contributed by atoms with E-state index in [9.17, 15) is 17.6 Å². The highest BCUT2D eigenvalue weighted by Crippen LogP contribution is 2.38. The summed E-state index contributed by atoms with van der Waals surface area (Å²) >= 11 is 0. The molecule has 2 N–H and O–H groups in total. The molecule has 15 heavy (non-hydrogen) atoms. The second-order valence-corrected chi connectivity index (χ2v) is 2.86. The summed E-state index contributed by atoms with van der Waals surface area (Å²) < 4.78 is 54.7. The first kappa shape index (κ1) is 11.8. The molecule has 1 rings (SSSR count). The lowest BCUT2D eigenvalue weighted by Crippen LogP contribution is -2.12. The van der Waals surface area contributed by atoms with Gasteiger partial charge in [-0.1, -0.05) is 0 Å². The van der Waals surface area contributed by atoms with E-state index in [1.54, 1.807) is 0 Å². The Labute approximate surface area is 83.6 Å². The molecule has 0 aliphatic rings. The van der Waals surface area contributed by atoms with E-state index in [1.165, 1.54) is 0 Å². The molecule has 0 amide bonds. The third kappa shape index (κ3) is 2.38. The van der Waals surface area contributed by atoms with Crippen molar-refractivity contribution in [2.24, 2.45) is 5.73 Å². The lowest BCUT2D eigenvalue weighted by Gasteiger charge is -2.13. The number of hydrogen-bond donors (Lipinski definition) is 1. The molecule has 6 heteroatoms. The van der Waals surface area contributed by atoms with Crippen LogP contribution in [0.15, 0.2) is 12.1 Å². The van der Waals surface area contributed by atoms with Crippen molar-refractivity contribution in [3.05, 3.63) is 29.1 Å². The van der Waals surface area contributed by atoms with Crippen LogP contribution in [0.5, 0.6) is 5.75 Å². The lowest BCUT2D eigenvalue weighted by molar-refractivity contribution is -0.141. The summed E-state index contributed by atoms with van der Waals surface area (Å²) in [5, 5.41) is 0. The SMILES string of the molecule is COc1cc(CN)cc(F)c1C(F)(F)F. The first-order chi connectivity index (χ1) is 6.90. The quantitative estimate of drug-likeness (QED) is 0.781. The minimum atomic E-state index is -4.78. The molecule has 0 spiro atoms. The average molecular weight is 223 g/mol. The molecular formula is C9H9F4NO. The third-order valence-corrected chi connectivity index (χ3v) is 1.85. The molecule has 2 nitrogen and oxygen atoms in total. The fourth-order valence-corrected chi connectivity index (χ4v) is 1.19. The molecule has 0 aliphatic heterocycles. The molecule has 0 saturated carbocycles. The number of halogens is 4. The Morgan fingerprint density at radius 3 is 2.33 bits per heavy atom. The molecule has 0 aliphatic carbocycles. The van der Waals surface area contributed by atoms with Crippen LogP contribution in [0.25, 0.3) is 0 Å². The number of hydrogen-bond acceptors (Lipinski definition) is 2. The van der Waals surface area contributed by atoms with Crippen molar-refractivity contribution in [3.63, 3.8) is 0 Å².